The SMILES string of the molecule is CCc1ccc(COc2ccc(OC)cc2B(O)O)cc1. The fraction of sp³-hybridized carbons (Fsp3) is 0.250. The van der Waals surface area contributed by atoms with Crippen LogP contribution in [0.1, 0.15) is 18.1 Å². The van der Waals surface area contributed by atoms with Crippen LogP contribution in [0.3, 0.4) is 0 Å². The van der Waals surface area contributed by atoms with Crippen molar-refractivity contribution in [2.24, 2.45) is 0 Å². The fourth-order valence-electron chi connectivity index (χ4n) is 2.02. The number of methoxy groups -OCH3 is 1. The van der Waals surface area contributed by atoms with E-state index in [0.717, 1.165) is 12.0 Å². The number of rotatable bonds is 6. The van der Waals surface area contributed by atoms with Crippen LogP contribution >= 0.6 is 0 Å². The molecule has 0 aromatic heterocycles. The number of ether oxygens (including phenoxy) is 2. The molecule has 0 fully saturated rings. The third kappa shape index (κ3) is 4.00. The second-order valence-electron chi connectivity index (χ2n) is 4.74. The summed E-state index contributed by atoms with van der Waals surface area (Å²) in [6.07, 6.45) is 1.00. The zero-order valence-electron chi connectivity index (χ0n) is 12.2. The van der Waals surface area contributed by atoms with Crippen molar-refractivity contribution in [2.75, 3.05) is 7.11 Å². The molecule has 0 amide bonds. The third-order valence-electron chi connectivity index (χ3n) is 3.32. The Kier molecular flexibility index (Phi) is 5.25. The quantitative estimate of drug-likeness (QED) is 0.790. The summed E-state index contributed by atoms with van der Waals surface area (Å²) in [5, 5.41) is 18.8. The lowest BCUT2D eigenvalue weighted by atomic mass is 9.79. The van der Waals surface area contributed by atoms with Gasteiger partial charge in [-0.2, -0.15) is 0 Å². The standard InChI is InChI=1S/C16H19BO4/c1-3-12-4-6-13(7-5-12)11-21-16-9-8-14(20-2)10-15(16)17(18)19/h4-10,18-19H,3,11H2,1-2H3. The number of hydrogen-bond donors (Lipinski definition) is 2. The van der Waals surface area contributed by atoms with E-state index in [2.05, 4.69) is 19.1 Å². The summed E-state index contributed by atoms with van der Waals surface area (Å²) in [4.78, 5) is 0. The van der Waals surface area contributed by atoms with Crippen LogP contribution in [0.15, 0.2) is 42.5 Å². The highest BCUT2D eigenvalue weighted by molar-refractivity contribution is 6.59. The molecule has 0 aliphatic carbocycles. The minimum absolute atomic E-state index is 0.291. The molecule has 2 aromatic rings. The van der Waals surface area contributed by atoms with E-state index in [1.165, 1.54) is 12.7 Å². The monoisotopic (exact) mass is 286 g/mol. The maximum atomic E-state index is 9.41. The summed E-state index contributed by atoms with van der Waals surface area (Å²) in [6, 6.07) is 13.1. The molecule has 5 heteroatoms. The van der Waals surface area contributed by atoms with Crippen molar-refractivity contribution in [3.8, 4) is 11.5 Å². The van der Waals surface area contributed by atoms with Crippen LogP contribution in [-0.4, -0.2) is 24.3 Å². The van der Waals surface area contributed by atoms with Gasteiger partial charge in [0.25, 0.3) is 0 Å². The number of hydrogen-bond acceptors (Lipinski definition) is 4. The first kappa shape index (κ1) is 15.4. The normalized spacial score (nSPS) is 10.3. The van der Waals surface area contributed by atoms with E-state index < -0.39 is 7.12 Å². The van der Waals surface area contributed by atoms with Gasteiger partial charge in [0.2, 0.25) is 0 Å². The maximum absolute atomic E-state index is 9.41. The third-order valence-corrected chi connectivity index (χ3v) is 3.32. The van der Waals surface area contributed by atoms with Crippen LogP contribution in [-0.2, 0) is 13.0 Å². The van der Waals surface area contributed by atoms with Gasteiger partial charge in [0, 0.05) is 5.46 Å². The van der Waals surface area contributed by atoms with Crippen molar-refractivity contribution in [3.05, 3.63) is 53.6 Å². The molecule has 2 rings (SSSR count). The zero-order chi connectivity index (χ0) is 15.2. The van der Waals surface area contributed by atoms with Crippen LogP contribution in [0, 0.1) is 0 Å². The van der Waals surface area contributed by atoms with Gasteiger partial charge < -0.3 is 19.5 Å². The highest BCUT2D eigenvalue weighted by atomic mass is 16.5. The molecule has 0 spiro atoms. The van der Waals surface area contributed by atoms with Gasteiger partial charge in [0.1, 0.15) is 18.1 Å². The molecule has 0 aliphatic heterocycles. The Bertz CT molecular complexity index is 581. The van der Waals surface area contributed by atoms with Crippen LogP contribution in [0.25, 0.3) is 0 Å². The van der Waals surface area contributed by atoms with Gasteiger partial charge in [-0.25, -0.2) is 0 Å². The molecule has 0 aliphatic rings. The first-order valence-electron chi connectivity index (χ1n) is 6.88. The van der Waals surface area contributed by atoms with Crippen molar-refractivity contribution in [1.82, 2.24) is 0 Å². The molecule has 2 N–H and O–H groups in total. The number of benzene rings is 2. The van der Waals surface area contributed by atoms with Gasteiger partial charge >= 0.3 is 7.12 Å². The molecule has 0 unspecified atom stereocenters. The van der Waals surface area contributed by atoms with Crippen LogP contribution in [0.5, 0.6) is 11.5 Å². The minimum atomic E-state index is -1.60. The van der Waals surface area contributed by atoms with Crippen molar-refractivity contribution in [3.63, 3.8) is 0 Å². The van der Waals surface area contributed by atoms with Gasteiger partial charge in [-0.15, -0.1) is 0 Å². The van der Waals surface area contributed by atoms with E-state index in [1.54, 1.807) is 18.2 Å². The average Bonchev–Trinajstić information content (AvgIpc) is 2.53. The lowest BCUT2D eigenvalue weighted by Gasteiger charge is -2.12. The second-order valence-corrected chi connectivity index (χ2v) is 4.74. The molecule has 0 heterocycles. The van der Waals surface area contributed by atoms with E-state index in [4.69, 9.17) is 9.47 Å². The van der Waals surface area contributed by atoms with Gasteiger partial charge in [-0.3, -0.25) is 0 Å². The molecule has 2 aromatic carbocycles. The first-order valence-corrected chi connectivity index (χ1v) is 6.88. The summed E-state index contributed by atoms with van der Waals surface area (Å²) in [5.41, 5.74) is 2.59. The topological polar surface area (TPSA) is 58.9 Å². The second kappa shape index (κ2) is 7.15. The zero-order valence-corrected chi connectivity index (χ0v) is 12.2. The Morgan fingerprint density at radius 2 is 1.67 bits per heavy atom. The molecule has 0 bridgehead atoms. The van der Waals surface area contributed by atoms with Crippen LogP contribution in [0.4, 0.5) is 0 Å². The van der Waals surface area contributed by atoms with Crippen LogP contribution in [0.2, 0.25) is 0 Å². The van der Waals surface area contributed by atoms with E-state index in [1.807, 2.05) is 12.1 Å². The van der Waals surface area contributed by atoms with Gasteiger partial charge in [-0.05, 0) is 35.7 Å². The molecular formula is C16H19BO4. The highest BCUT2D eigenvalue weighted by Crippen LogP contribution is 2.17. The Morgan fingerprint density at radius 1 is 1.00 bits per heavy atom. The predicted molar refractivity (Wildman–Crippen MR) is 83.0 cm³/mol. The molecule has 21 heavy (non-hydrogen) atoms. The lowest BCUT2D eigenvalue weighted by Crippen LogP contribution is -2.31. The van der Waals surface area contributed by atoms with Crippen molar-refractivity contribution < 1.29 is 19.5 Å². The Balaban J connectivity index is 2.11. The average molecular weight is 286 g/mol. The van der Waals surface area contributed by atoms with Gasteiger partial charge in [-0.1, -0.05) is 31.2 Å². The molecule has 0 saturated carbocycles. The summed E-state index contributed by atoms with van der Waals surface area (Å²) in [5.74, 6) is 0.989. The molecular weight excluding hydrogens is 267 g/mol. The molecule has 0 atom stereocenters. The minimum Gasteiger partial charge on any atom is -0.497 e. The maximum Gasteiger partial charge on any atom is 0.492 e. The molecule has 110 valence electrons. The van der Waals surface area contributed by atoms with E-state index in [0.29, 0.717) is 23.6 Å². The Hall–Kier alpha value is -1.98. The summed E-state index contributed by atoms with van der Waals surface area (Å²) < 4.78 is 10.8. The van der Waals surface area contributed by atoms with E-state index >= 15 is 0 Å². The number of aryl methyl sites for hydroxylation is 1. The first-order chi connectivity index (χ1) is 10.1. The van der Waals surface area contributed by atoms with E-state index in [-0.39, 0.29) is 0 Å². The predicted octanol–water partition coefficient (Wildman–Crippen LogP) is 1.52. The van der Waals surface area contributed by atoms with Gasteiger partial charge in [0.15, 0.2) is 0 Å². The Morgan fingerprint density at radius 3 is 2.24 bits per heavy atom. The van der Waals surface area contributed by atoms with Gasteiger partial charge in [0.05, 0.1) is 7.11 Å². The smallest absolute Gasteiger partial charge is 0.492 e. The lowest BCUT2D eigenvalue weighted by molar-refractivity contribution is 0.306. The molecule has 0 radical (unpaired) electrons. The molecule has 0 saturated heterocycles. The van der Waals surface area contributed by atoms with E-state index in [9.17, 15) is 10.0 Å². The van der Waals surface area contributed by atoms with Crippen molar-refractivity contribution in [1.29, 1.82) is 0 Å². The van der Waals surface area contributed by atoms with Crippen LogP contribution < -0.4 is 14.9 Å². The summed E-state index contributed by atoms with van der Waals surface area (Å²) in [7, 11) is -0.0730. The van der Waals surface area contributed by atoms with Crippen molar-refractivity contribution in [2.45, 2.75) is 20.0 Å². The summed E-state index contributed by atoms with van der Waals surface area (Å²) in [6.45, 7) is 2.48. The summed E-state index contributed by atoms with van der Waals surface area (Å²) >= 11 is 0. The fourth-order valence-corrected chi connectivity index (χ4v) is 2.02. The largest absolute Gasteiger partial charge is 0.497 e. The van der Waals surface area contributed by atoms with Crippen molar-refractivity contribution >= 4 is 12.6 Å². The molecule has 4 nitrogen and oxygen atoms in total. The Labute approximate surface area is 125 Å². The highest BCUT2D eigenvalue weighted by Gasteiger charge is 2.18.